The van der Waals surface area contributed by atoms with E-state index in [0.29, 0.717) is 0 Å². The van der Waals surface area contributed by atoms with Crippen LogP contribution in [0.4, 0.5) is 0 Å². The molecule has 0 fully saturated rings. The van der Waals surface area contributed by atoms with Crippen molar-refractivity contribution in [2.45, 2.75) is 20.0 Å². The van der Waals surface area contributed by atoms with Gasteiger partial charge in [-0.1, -0.05) is 12.1 Å². The van der Waals surface area contributed by atoms with Gasteiger partial charge in [0.1, 0.15) is 18.8 Å². The molecule has 3 rings (SSSR count). The van der Waals surface area contributed by atoms with Crippen LogP contribution in [0.5, 0.6) is 5.75 Å². The van der Waals surface area contributed by atoms with Gasteiger partial charge in [0, 0.05) is 12.1 Å². The van der Waals surface area contributed by atoms with Crippen LogP contribution in [0.3, 0.4) is 0 Å². The van der Waals surface area contributed by atoms with Gasteiger partial charge in [0.05, 0.1) is 11.1 Å². The number of phenols is 1. The molecule has 1 aromatic heterocycles. The third kappa shape index (κ3) is 2.07. The fourth-order valence-corrected chi connectivity index (χ4v) is 2.59. The Kier molecular flexibility index (Phi) is 3.17. The molecule has 1 aliphatic rings. The first-order chi connectivity index (χ1) is 10.1. The molecule has 21 heavy (non-hydrogen) atoms. The molecule has 0 saturated heterocycles. The highest BCUT2D eigenvalue weighted by molar-refractivity contribution is 6.22. The van der Waals surface area contributed by atoms with Crippen LogP contribution in [-0.4, -0.2) is 21.8 Å². The van der Waals surface area contributed by atoms with Crippen LogP contribution >= 0.6 is 0 Å². The van der Waals surface area contributed by atoms with E-state index in [1.807, 2.05) is 35.9 Å². The summed E-state index contributed by atoms with van der Waals surface area (Å²) in [5.41, 5.74) is 1.23. The quantitative estimate of drug-likeness (QED) is 0.686. The number of carbonyl (C=O) groups is 2. The summed E-state index contributed by atoms with van der Waals surface area (Å²) in [5, 5.41) is 9.80. The number of nitrogens with zero attached hydrogens (tertiary/aromatic N) is 2. The lowest BCUT2D eigenvalue weighted by Gasteiger charge is -2.12. The predicted octanol–water partition coefficient (Wildman–Crippen LogP) is 1.50. The molecule has 0 aliphatic carbocycles. The number of amides is 2. The SMILES string of the molecule is CC[n+]1ccccc1CN1C(=O)c2cccc(O)c2C1=O. The molecule has 2 aromatic rings. The number of pyridine rings is 1. The molecule has 1 aromatic carbocycles. The van der Waals surface area contributed by atoms with Crippen LogP contribution in [-0.2, 0) is 13.1 Å². The third-order valence-electron chi connectivity index (χ3n) is 3.67. The zero-order valence-electron chi connectivity index (χ0n) is 11.6. The second-order valence-corrected chi connectivity index (χ2v) is 4.87. The number of fused-ring (bicyclic) bond motifs is 1. The fourth-order valence-electron chi connectivity index (χ4n) is 2.59. The minimum atomic E-state index is -0.445. The van der Waals surface area contributed by atoms with E-state index in [9.17, 15) is 14.7 Å². The monoisotopic (exact) mass is 283 g/mol. The summed E-state index contributed by atoms with van der Waals surface area (Å²) in [6.45, 7) is 2.95. The molecule has 0 atom stereocenters. The van der Waals surface area contributed by atoms with Crippen molar-refractivity contribution in [2.75, 3.05) is 0 Å². The maximum absolute atomic E-state index is 12.4. The normalized spacial score (nSPS) is 13.7. The Bertz CT molecular complexity index is 740. The predicted molar refractivity (Wildman–Crippen MR) is 74.6 cm³/mol. The Morgan fingerprint density at radius 2 is 1.90 bits per heavy atom. The van der Waals surface area contributed by atoms with Gasteiger partial charge in [0.25, 0.3) is 11.8 Å². The minimum absolute atomic E-state index is 0.0986. The summed E-state index contributed by atoms with van der Waals surface area (Å²) in [4.78, 5) is 25.9. The number of rotatable bonds is 3. The number of phenolic OH excluding ortho intramolecular Hbond substituents is 1. The van der Waals surface area contributed by atoms with Crippen molar-refractivity contribution in [3.63, 3.8) is 0 Å². The van der Waals surface area contributed by atoms with E-state index in [2.05, 4.69) is 0 Å². The summed E-state index contributed by atoms with van der Waals surface area (Å²) >= 11 is 0. The second kappa shape index (κ2) is 5.01. The van der Waals surface area contributed by atoms with E-state index in [1.54, 1.807) is 12.1 Å². The number of aryl methyl sites for hydroxylation is 1. The largest absolute Gasteiger partial charge is 0.507 e. The molecular weight excluding hydrogens is 268 g/mol. The van der Waals surface area contributed by atoms with Crippen LogP contribution in [0.25, 0.3) is 0 Å². The zero-order valence-corrected chi connectivity index (χ0v) is 11.6. The third-order valence-corrected chi connectivity index (χ3v) is 3.67. The standard InChI is InChI=1S/C16H14N2O3/c1-2-17-9-4-3-6-11(17)10-18-15(20)12-7-5-8-13(19)14(12)16(18)21/h3-9H,2,10H2,1H3/p+1. The first kappa shape index (κ1) is 13.3. The Balaban J connectivity index is 1.97. The second-order valence-electron chi connectivity index (χ2n) is 4.87. The van der Waals surface area contributed by atoms with E-state index >= 15 is 0 Å². The van der Waals surface area contributed by atoms with Crippen LogP contribution in [0, 0.1) is 0 Å². The number of carbonyl (C=O) groups excluding carboxylic acids is 2. The highest BCUT2D eigenvalue weighted by atomic mass is 16.3. The molecule has 2 amide bonds. The van der Waals surface area contributed by atoms with Gasteiger partial charge in [-0.3, -0.25) is 14.5 Å². The molecule has 1 aliphatic heterocycles. The van der Waals surface area contributed by atoms with Gasteiger partial charge in [0.2, 0.25) is 5.69 Å². The molecule has 0 bridgehead atoms. The van der Waals surface area contributed by atoms with Gasteiger partial charge in [-0.05, 0) is 19.1 Å². The molecule has 0 radical (unpaired) electrons. The smallest absolute Gasteiger partial charge is 0.265 e. The summed E-state index contributed by atoms with van der Waals surface area (Å²) in [5.74, 6) is -0.957. The first-order valence-corrected chi connectivity index (χ1v) is 6.79. The van der Waals surface area contributed by atoms with E-state index in [0.717, 1.165) is 12.2 Å². The average molecular weight is 283 g/mol. The Labute approximate surface area is 122 Å². The average Bonchev–Trinajstić information content (AvgIpc) is 2.74. The van der Waals surface area contributed by atoms with E-state index in [-0.39, 0.29) is 29.3 Å². The molecule has 5 nitrogen and oxygen atoms in total. The molecule has 5 heteroatoms. The molecule has 106 valence electrons. The Hall–Kier alpha value is -2.69. The lowest BCUT2D eigenvalue weighted by Crippen LogP contribution is -2.41. The number of aromatic nitrogens is 1. The number of imide groups is 1. The van der Waals surface area contributed by atoms with Crippen molar-refractivity contribution in [3.05, 3.63) is 59.4 Å². The summed E-state index contributed by atoms with van der Waals surface area (Å²) < 4.78 is 1.98. The van der Waals surface area contributed by atoms with Gasteiger partial charge in [-0.2, -0.15) is 0 Å². The molecule has 0 spiro atoms. The van der Waals surface area contributed by atoms with Crippen molar-refractivity contribution in [3.8, 4) is 5.75 Å². The Morgan fingerprint density at radius 1 is 1.10 bits per heavy atom. The van der Waals surface area contributed by atoms with E-state index < -0.39 is 5.91 Å². The molecule has 2 heterocycles. The highest BCUT2D eigenvalue weighted by Gasteiger charge is 2.38. The van der Waals surface area contributed by atoms with Gasteiger partial charge in [-0.15, -0.1) is 0 Å². The zero-order chi connectivity index (χ0) is 15.0. The molecule has 0 saturated carbocycles. The van der Waals surface area contributed by atoms with Crippen molar-refractivity contribution in [1.29, 1.82) is 0 Å². The van der Waals surface area contributed by atoms with Crippen molar-refractivity contribution >= 4 is 11.8 Å². The van der Waals surface area contributed by atoms with Crippen LogP contribution < -0.4 is 4.57 Å². The summed E-state index contributed by atoms with van der Waals surface area (Å²) in [6, 6.07) is 10.2. The number of aromatic hydroxyl groups is 1. The highest BCUT2D eigenvalue weighted by Crippen LogP contribution is 2.30. The lowest BCUT2D eigenvalue weighted by atomic mass is 10.1. The van der Waals surface area contributed by atoms with E-state index in [1.165, 1.54) is 11.0 Å². The first-order valence-electron chi connectivity index (χ1n) is 6.79. The summed E-state index contributed by atoms with van der Waals surface area (Å²) in [6.07, 6.45) is 1.91. The van der Waals surface area contributed by atoms with Crippen molar-refractivity contribution < 1.29 is 19.3 Å². The fraction of sp³-hybridized carbons (Fsp3) is 0.188. The van der Waals surface area contributed by atoms with Crippen molar-refractivity contribution in [1.82, 2.24) is 4.90 Å². The van der Waals surface area contributed by atoms with Crippen LogP contribution in [0.1, 0.15) is 33.3 Å². The van der Waals surface area contributed by atoms with Gasteiger partial charge < -0.3 is 5.11 Å². The van der Waals surface area contributed by atoms with Gasteiger partial charge in [-0.25, -0.2) is 4.57 Å². The van der Waals surface area contributed by atoms with E-state index in [4.69, 9.17) is 0 Å². The van der Waals surface area contributed by atoms with Crippen LogP contribution in [0.2, 0.25) is 0 Å². The van der Waals surface area contributed by atoms with Gasteiger partial charge >= 0.3 is 0 Å². The topological polar surface area (TPSA) is 61.5 Å². The minimum Gasteiger partial charge on any atom is -0.507 e. The molecule has 0 unspecified atom stereocenters. The molecular formula is C16H15N2O3+. The van der Waals surface area contributed by atoms with Gasteiger partial charge in [0.15, 0.2) is 6.20 Å². The van der Waals surface area contributed by atoms with Crippen molar-refractivity contribution in [2.24, 2.45) is 0 Å². The lowest BCUT2D eigenvalue weighted by molar-refractivity contribution is -0.701. The molecule has 1 N–H and O–H groups in total. The number of hydrogen-bond acceptors (Lipinski definition) is 3. The summed E-state index contributed by atoms with van der Waals surface area (Å²) in [7, 11) is 0. The maximum Gasteiger partial charge on any atom is 0.265 e. The number of hydrogen-bond donors (Lipinski definition) is 1. The Morgan fingerprint density at radius 3 is 2.62 bits per heavy atom. The van der Waals surface area contributed by atoms with Crippen LogP contribution in [0.15, 0.2) is 42.6 Å². The maximum atomic E-state index is 12.4. The number of benzene rings is 1.